The van der Waals surface area contributed by atoms with Crippen molar-refractivity contribution in [3.05, 3.63) is 94.5 Å². The van der Waals surface area contributed by atoms with Crippen LogP contribution < -0.4 is 5.32 Å². The molecule has 0 bridgehead atoms. The normalized spacial score (nSPS) is 10.7. The maximum absolute atomic E-state index is 13.4. The first-order chi connectivity index (χ1) is 14.0. The van der Waals surface area contributed by atoms with Crippen molar-refractivity contribution in [3.8, 4) is 17.1 Å². The van der Waals surface area contributed by atoms with Gasteiger partial charge in [-0.15, -0.1) is 5.10 Å². The summed E-state index contributed by atoms with van der Waals surface area (Å²) in [5.41, 5.74) is 3.06. The summed E-state index contributed by atoms with van der Waals surface area (Å²) < 4.78 is 15.9. The lowest BCUT2D eigenvalue weighted by molar-refractivity contribution is 0.101. The summed E-state index contributed by atoms with van der Waals surface area (Å²) in [5.74, 6) is -0.289. The van der Waals surface area contributed by atoms with Crippen LogP contribution in [0.25, 0.3) is 17.1 Å². The molecule has 0 aliphatic carbocycles. The van der Waals surface area contributed by atoms with E-state index in [1.54, 1.807) is 28.9 Å². The molecule has 0 saturated heterocycles. The molecule has 4 aromatic rings. The van der Waals surface area contributed by atoms with Gasteiger partial charge in [0.05, 0.1) is 5.69 Å². The number of rotatable bonds is 4. The quantitative estimate of drug-likeness (QED) is 0.452. The maximum atomic E-state index is 13.4. The Morgan fingerprint density at radius 3 is 2.38 bits per heavy atom. The van der Waals surface area contributed by atoms with Crippen LogP contribution in [0, 0.1) is 12.7 Å². The van der Waals surface area contributed by atoms with Crippen molar-refractivity contribution in [3.63, 3.8) is 0 Å². The molecule has 0 unspecified atom stereocenters. The third-order valence-corrected chi connectivity index (χ3v) is 4.89. The average Bonchev–Trinajstić information content (AvgIpc) is 3.16. The van der Waals surface area contributed by atoms with Gasteiger partial charge in [-0.25, -0.2) is 14.1 Å². The van der Waals surface area contributed by atoms with Crippen LogP contribution in [-0.4, -0.2) is 20.7 Å². The van der Waals surface area contributed by atoms with Gasteiger partial charge in [0.25, 0.3) is 5.91 Å². The fourth-order valence-corrected chi connectivity index (χ4v) is 3.15. The topological polar surface area (TPSA) is 59.8 Å². The second-order valence-corrected chi connectivity index (χ2v) is 7.34. The minimum absolute atomic E-state index is 0.0236. The first-order valence-electron chi connectivity index (χ1n) is 8.87. The van der Waals surface area contributed by atoms with Crippen molar-refractivity contribution in [2.45, 2.75) is 6.92 Å². The summed E-state index contributed by atoms with van der Waals surface area (Å²) in [6, 6.07) is 20.8. The van der Waals surface area contributed by atoms with E-state index in [2.05, 4.69) is 31.3 Å². The monoisotopic (exact) mass is 450 g/mol. The molecule has 5 nitrogen and oxygen atoms in total. The van der Waals surface area contributed by atoms with E-state index in [1.807, 2.05) is 43.3 Å². The van der Waals surface area contributed by atoms with E-state index in [0.29, 0.717) is 17.1 Å². The number of nitrogens with zero attached hydrogens (tertiary/aromatic N) is 3. The largest absolute Gasteiger partial charge is 0.319 e. The van der Waals surface area contributed by atoms with Crippen LogP contribution in [0.15, 0.2) is 77.3 Å². The molecule has 3 aromatic carbocycles. The summed E-state index contributed by atoms with van der Waals surface area (Å²) in [5, 5.41) is 7.24. The third kappa shape index (κ3) is 4.09. The van der Waals surface area contributed by atoms with E-state index in [9.17, 15) is 9.18 Å². The van der Waals surface area contributed by atoms with Crippen LogP contribution in [0.3, 0.4) is 0 Å². The Balaban J connectivity index is 1.76. The van der Waals surface area contributed by atoms with E-state index in [-0.39, 0.29) is 11.6 Å². The number of anilines is 1. The van der Waals surface area contributed by atoms with Gasteiger partial charge in [0.2, 0.25) is 5.82 Å². The molecule has 1 aromatic heterocycles. The molecule has 0 aliphatic rings. The summed E-state index contributed by atoms with van der Waals surface area (Å²) in [4.78, 5) is 17.2. The number of nitrogens with one attached hydrogen (secondary N) is 1. The molecule has 0 spiro atoms. The van der Waals surface area contributed by atoms with Crippen molar-refractivity contribution in [1.29, 1.82) is 0 Å². The molecule has 144 valence electrons. The predicted octanol–water partition coefficient (Wildman–Crippen LogP) is 5.40. The van der Waals surface area contributed by atoms with Gasteiger partial charge < -0.3 is 5.32 Å². The number of hydrogen-bond acceptors (Lipinski definition) is 3. The molecule has 0 aliphatic heterocycles. The van der Waals surface area contributed by atoms with Crippen molar-refractivity contribution in [2.75, 3.05) is 5.32 Å². The molecule has 0 radical (unpaired) electrons. The van der Waals surface area contributed by atoms with E-state index >= 15 is 0 Å². The standard InChI is InChI=1S/C22H16BrFN4O/c1-14-4-2-3-5-19(14)28-21(15-6-10-17(24)11-7-15)26-20(27-28)22(29)25-18-12-8-16(23)9-13-18/h2-13H,1H3,(H,25,29). The van der Waals surface area contributed by atoms with Crippen LogP contribution in [0.1, 0.15) is 16.2 Å². The first-order valence-corrected chi connectivity index (χ1v) is 9.66. The number of aryl methyl sites for hydroxylation is 1. The molecule has 29 heavy (non-hydrogen) atoms. The fourth-order valence-electron chi connectivity index (χ4n) is 2.88. The molecule has 0 saturated carbocycles. The molecular weight excluding hydrogens is 435 g/mol. The van der Waals surface area contributed by atoms with Gasteiger partial charge in [0, 0.05) is 15.7 Å². The summed E-state index contributed by atoms with van der Waals surface area (Å²) in [6.45, 7) is 1.95. The minimum Gasteiger partial charge on any atom is -0.319 e. The second-order valence-electron chi connectivity index (χ2n) is 6.43. The number of carbonyl (C=O) groups is 1. The second kappa shape index (κ2) is 7.97. The van der Waals surface area contributed by atoms with E-state index < -0.39 is 5.91 Å². The number of hydrogen-bond donors (Lipinski definition) is 1. The summed E-state index contributed by atoms with van der Waals surface area (Å²) >= 11 is 3.37. The zero-order chi connectivity index (χ0) is 20.4. The molecule has 1 N–H and O–H groups in total. The SMILES string of the molecule is Cc1ccccc1-n1nc(C(=O)Nc2ccc(Br)cc2)nc1-c1ccc(F)cc1. The van der Waals surface area contributed by atoms with Crippen molar-refractivity contribution in [2.24, 2.45) is 0 Å². The maximum Gasteiger partial charge on any atom is 0.295 e. The molecule has 4 rings (SSSR count). The van der Waals surface area contributed by atoms with Gasteiger partial charge >= 0.3 is 0 Å². The lowest BCUT2D eigenvalue weighted by atomic mass is 10.1. The first kappa shape index (κ1) is 19.0. The number of amides is 1. The van der Waals surface area contributed by atoms with Crippen LogP contribution in [0.2, 0.25) is 0 Å². The number of benzene rings is 3. The Hall–Kier alpha value is -3.32. The van der Waals surface area contributed by atoms with Gasteiger partial charge in [0.1, 0.15) is 5.82 Å². The summed E-state index contributed by atoms with van der Waals surface area (Å²) in [7, 11) is 0. The van der Waals surface area contributed by atoms with Gasteiger partial charge in [-0.3, -0.25) is 4.79 Å². The van der Waals surface area contributed by atoms with Crippen LogP contribution >= 0.6 is 15.9 Å². The van der Waals surface area contributed by atoms with E-state index in [1.165, 1.54) is 12.1 Å². The van der Waals surface area contributed by atoms with Crippen LogP contribution in [-0.2, 0) is 0 Å². The zero-order valence-electron chi connectivity index (χ0n) is 15.4. The van der Waals surface area contributed by atoms with Crippen molar-refractivity contribution < 1.29 is 9.18 Å². The predicted molar refractivity (Wildman–Crippen MR) is 114 cm³/mol. The Labute approximate surface area is 175 Å². The molecule has 0 fully saturated rings. The Bertz CT molecular complexity index is 1170. The average molecular weight is 451 g/mol. The van der Waals surface area contributed by atoms with E-state index in [4.69, 9.17) is 0 Å². The van der Waals surface area contributed by atoms with Gasteiger partial charge in [0.15, 0.2) is 5.82 Å². The number of halogens is 2. The van der Waals surface area contributed by atoms with Crippen LogP contribution in [0.4, 0.5) is 10.1 Å². The highest BCUT2D eigenvalue weighted by atomic mass is 79.9. The highest BCUT2D eigenvalue weighted by Gasteiger charge is 2.20. The van der Waals surface area contributed by atoms with E-state index in [0.717, 1.165) is 15.7 Å². The Kier molecular flexibility index (Phi) is 5.22. The number of aromatic nitrogens is 3. The number of carbonyl (C=O) groups excluding carboxylic acids is 1. The summed E-state index contributed by atoms with van der Waals surface area (Å²) in [6.07, 6.45) is 0. The fraction of sp³-hybridized carbons (Fsp3) is 0.0455. The van der Waals surface area contributed by atoms with Crippen molar-refractivity contribution >= 4 is 27.5 Å². The number of para-hydroxylation sites is 1. The molecule has 0 atom stereocenters. The third-order valence-electron chi connectivity index (χ3n) is 4.36. The van der Waals surface area contributed by atoms with Gasteiger partial charge in [-0.1, -0.05) is 34.1 Å². The lowest BCUT2D eigenvalue weighted by Crippen LogP contribution is -2.14. The van der Waals surface area contributed by atoms with Crippen LogP contribution in [0.5, 0.6) is 0 Å². The smallest absolute Gasteiger partial charge is 0.295 e. The molecular formula is C22H16BrFN4O. The highest BCUT2D eigenvalue weighted by molar-refractivity contribution is 9.10. The Morgan fingerprint density at radius 1 is 1.00 bits per heavy atom. The molecule has 1 amide bonds. The van der Waals surface area contributed by atoms with Crippen molar-refractivity contribution in [1.82, 2.24) is 14.8 Å². The molecule has 7 heteroatoms. The zero-order valence-corrected chi connectivity index (χ0v) is 17.0. The van der Waals surface area contributed by atoms with Gasteiger partial charge in [-0.2, -0.15) is 0 Å². The van der Waals surface area contributed by atoms with Gasteiger partial charge in [-0.05, 0) is 67.1 Å². The lowest BCUT2D eigenvalue weighted by Gasteiger charge is -2.08. The Morgan fingerprint density at radius 2 is 1.69 bits per heavy atom. The molecule has 1 heterocycles. The highest BCUT2D eigenvalue weighted by Crippen LogP contribution is 2.24. The minimum atomic E-state index is -0.428.